The third kappa shape index (κ3) is 3.02. The van der Waals surface area contributed by atoms with Gasteiger partial charge in [0.25, 0.3) is 5.91 Å². The molecule has 116 valence electrons. The first-order valence-electron chi connectivity index (χ1n) is 7.66. The van der Waals surface area contributed by atoms with Gasteiger partial charge in [-0.15, -0.1) is 0 Å². The van der Waals surface area contributed by atoms with E-state index in [4.69, 9.17) is 11.6 Å². The molecular weight excluding hydrogens is 298 g/mol. The Hall–Kier alpha value is -1.81. The zero-order chi connectivity index (χ0) is 15.7. The lowest BCUT2D eigenvalue weighted by atomic mass is 9.99. The Bertz CT molecular complexity index is 670. The van der Waals surface area contributed by atoms with Crippen LogP contribution in [0.25, 0.3) is 5.69 Å². The van der Waals surface area contributed by atoms with Gasteiger partial charge in [0.05, 0.1) is 5.69 Å². The fraction of sp³-hybridized carbons (Fsp3) is 0.412. The van der Waals surface area contributed by atoms with E-state index in [0.29, 0.717) is 16.6 Å². The number of aryl methyl sites for hydroxylation is 1. The van der Waals surface area contributed by atoms with Gasteiger partial charge in [-0.2, -0.15) is 5.10 Å². The molecule has 1 aromatic carbocycles. The fourth-order valence-electron chi connectivity index (χ4n) is 2.80. The number of carbonyl (C=O) groups is 1. The molecule has 22 heavy (non-hydrogen) atoms. The molecule has 4 nitrogen and oxygen atoms in total. The number of benzene rings is 1. The van der Waals surface area contributed by atoms with E-state index in [0.717, 1.165) is 37.3 Å². The Kier molecular flexibility index (Phi) is 4.21. The van der Waals surface area contributed by atoms with E-state index in [-0.39, 0.29) is 5.91 Å². The molecule has 2 heterocycles. The number of rotatable bonds is 2. The molecule has 3 rings (SSSR count). The van der Waals surface area contributed by atoms with Gasteiger partial charge in [0, 0.05) is 23.8 Å². The standard InChI is InChI=1S/C17H20ClN3O/c1-12-7-9-20(10-8-12)17(22)16-11-13(2)21(19-16)15-5-3-14(18)4-6-15/h3-6,11-12H,7-10H2,1-2H3. The van der Waals surface area contributed by atoms with Crippen LogP contribution < -0.4 is 0 Å². The zero-order valence-electron chi connectivity index (χ0n) is 12.9. The number of nitrogens with zero attached hydrogens (tertiary/aromatic N) is 3. The van der Waals surface area contributed by atoms with E-state index in [9.17, 15) is 4.79 Å². The maximum atomic E-state index is 12.6. The smallest absolute Gasteiger partial charge is 0.274 e. The minimum atomic E-state index is 0.0303. The first kappa shape index (κ1) is 15.1. The predicted octanol–water partition coefficient (Wildman–Crippen LogP) is 3.71. The molecule has 1 amide bonds. The summed E-state index contributed by atoms with van der Waals surface area (Å²) in [4.78, 5) is 14.5. The van der Waals surface area contributed by atoms with E-state index in [1.54, 1.807) is 4.68 Å². The molecule has 0 unspecified atom stereocenters. The number of amides is 1. The summed E-state index contributed by atoms with van der Waals surface area (Å²) in [6, 6.07) is 9.31. The molecule has 1 aliphatic heterocycles. The third-order valence-corrected chi connectivity index (χ3v) is 4.50. The predicted molar refractivity (Wildman–Crippen MR) is 87.6 cm³/mol. The maximum Gasteiger partial charge on any atom is 0.274 e. The van der Waals surface area contributed by atoms with Crippen LogP contribution >= 0.6 is 11.6 Å². The highest BCUT2D eigenvalue weighted by Gasteiger charge is 2.23. The Balaban J connectivity index is 1.82. The van der Waals surface area contributed by atoms with Crippen LogP contribution in [0.1, 0.15) is 35.9 Å². The van der Waals surface area contributed by atoms with E-state index < -0.39 is 0 Å². The quantitative estimate of drug-likeness (QED) is 0.847. The van der Waals surface area contributed by atoms with Crippen molar-refractivity contribution in [1.29, 1.82) is 0 Å². The van der Waals surface area contributed by atoms with E-state index in [2.05, 4.69) is 12.0 Å². The molecule has 2 aromatic rings. The van der Waals surface area contributed by atoms with Gasteiger partial charge in [0.15, 0.2) is 5.69 Å². The summed E-state index contributed by atoms with van der Waals surface area (Å²) in [5, 5.41) is 5.17. The normalized spacial score (nSPS) is 16.0. The average Bonchev–Trinajstić information content (AvgIpc) is 2.90. The van der Waals surface area contributed by atoms with Crippen molar-refractivity contribution in [2.24, 2.45) is 5.92 Å². The van der Waals surface area contributed by atoms with Gasteiger partial charge in [-0.25, -0.2) is 4.68 Å². The van der Waals surface area contributed by atoms with E-state index in [1.165, 1.54) is 0 Å². The SMILES string of the molecule is Cc1cc(C(=O)N2CCC(C)CC2)nn1-c1ccc(Cl)cc1. The first-order chi connectivity index (χ1) is 10.5. The topological polar surface area (TPSA) is 38.1 Å². The number of aromatic nitrogens is 2. The lowest BCUT2D eigenvalue weighted by Gasteiger charge is -2.29. The van der Waals surface area contributed by atoms with Gasteiger partial charge in [0.2, 0.25) is 0 Å². The maximum absolute atomic E-state index is 12.6. The van der Waals surface area contributed by atoms with Gasteiger partial charge in [-0.1, -0.05) is 18.5 Å². The number of hydrogen-bond donors (Lipinski definition) is 0. The Morgan fingerprint density at radius 1 is 1.23 bits per heavy atom. The van der Waals surface area contributed by atoms with Crippen molar-refractivity contribution in [2.45, 2.75) is 26.7 Å². The van der Waals surface area contributed by atoms with E-state index >= 15 is 0 Å². The second kappa shape index (κ2) is 6.13. The van der Waals surface area contributed by atoms with Gasteiger partial charge in [0.1, 0.15) is 0 Å². The summed E-state index contributed by atoms with van der Waals surface area (Å²) in [5.74, 6) is 0.736. The van der Waals surface area contributed by atoms with Crippen LogP contribution in [0, 0.1) is 12.8 Å². The number of hydrogen-bond acceptors (Lipinski definition) is 2. The monoisotopic (exact) mass is 317 g/mol. The van der Waals surface area contributed by atoms with Crippen LogP contribution in [-0.2, 0) is 0 Å². The summed E-state index contributed by atoms with van der Waals surface area (Å²) >= 11 is 5.92. The second-order valence-corrected chi connectivity index (χ2v) is 6.47. The lowest BCUT2D eigenvalue weighted by molar-refractivity contribution is 0.0691. The minimum absolute atomic E-state index is 0.0303. The summed E-state index contributed by atoms with van der Waals surface area (Å²) < 4.78 is 1.79. The first-order valence-corrected chi connectivity index (χ1v) is 8.04. The van der Waals surface area contributed by atoms with Crippen molar-refractivity contribution in [2.75, 3.05) is 13.1 Å². The molecule has 1 aromatic heterocycles. The summed E-state index contributed by atoms with van der Waals surface area (Å²) in [7, 11) is 0. The molecule has 0 N–H and O–H groups in total. The van der Waals surface area contributed by atoms with Gasteiger partial charge in [-0.05, 0) is 56.0 Å². The highest BCUT2D eigenvalue weighted by Crippen LogP contribution is 2.20. The molecule has 1 saturated heterocycles. The summed E-state index contributed by atoms with van der Waals surface area (Å²) in [6.45, 7) is 5.84. The van der Waals surface area contributed by atoms with Crippen molar-refractivity contribution in [3.63, 3.8) is 0 Å². The molecule has 5 heteroatoms. The number of likely N-dealkylation sites (tertiary alicyclic amines) is 1. The molecule has 0 radical (unpaired) electrons. The highest BCUT2D eigenvalue weighted by molar-refractivity contribution is 6.30. The Morgan fingerprint density at radius 3 is 2.50 bits per heavy atom. The van der Waals surface area contributed by atoms with Crippen molar-refractivity contribution < 1.29 is 4.79 Å². The number of halogens is 1. The van der Waals surface area contributed by atoms with Crippen LogP contribution in [0.4, 0.5) is 0 Å². The van der Waals surface area contributed by atoms with Crippen LogP contribution in [0.3, 0.4) is 0 Å². The molecule has 0 aliphatic carbocycles. The van der Waals surface area contributed by atoms with Crippen LogP contribution in [0.15, 0.2) is 30.3 Å². The van der Waals surface area contributed by atoms with Gasteiger partial charge in [-0.3, -0.25) is 4.79 Å². The Labute approximate surface area is 135 Å². The number of piperidine rings is 1. The van der Waals surface area contributed by atoms with E-state index in [1.807, 2.05) is 42.2 Å². The van der Waals surface area contributed by atoms with Crippen molar-refractivity contribution in [3.05, 3.63) is 46.7 Å². The van der Waals surface area contributed by atoms with Crippen molar-refractivity contribution >= 4 is 17.5 Å². The van der Waals surface area contributed by atoms with Gasteiger partial charge < -0.3 is 4.90 Å². The highest BCUT2D eigenvalue weighted by atomic mass is 35.5. The molecular formula is C17H20ClN3O. The molecule has 1 fully saturated rings. The molecule has 0 bridgehead atoms. The zero-order valence-corrected chi connectivity index (χ0v) is 13.7. The van der Waals surface area contributed by atoms with Crippen LogP contribution in [0.5, 0.6) is 0 Å². The second-order valence-electron chi connectivity index (χ2n) is 6.03. The third-order valence-electron chi connectivity index (χ3n) is 4.25. The fourth-order valence-corrected chi connectivity index (χ4v) is 2.92. The van der Waals surface area contributed by atoms with Crippen molar-refractivity contribution in [3.8, 4) is 5.69 Å². The van der Waals surface area contributed by atoms with Crippen molar-refractivity contribution in [1.82, 2.24) is 14.7 Å². The summed E-state index contributed by atoms with van der Waals surface area (Å²) in [5.41, 5.74) is 2.37. The van der Waals surface area contributed by atoms with Crippen LogP contribution in [-0.4, -0.2) is 33.7 Å². The molecule has 0 atom stereocenters. The lowest BCUT2D eigenvalue weighted by Crippen LogP contribution is -2.38. The average molecular weight is 318 g/mol. The van der Waals surface area contributed by atoms with Crippen LogP contribution in [0.2, 0.25) is 5.02 Å². The largest absolute Gasteiger partial charge is 0.337 e. The molecule has 1 aliphatic rings. The molecule has 0 spiro atoms. The Morgan fingerprint density at radius 2 is 1.86 bits per heavy atom. The minimum Gasteiger partial charge on any atom is -0.337 e. The number of carbonyl (C=O) groups excluding carboxylic acids is 1. The van der Waals surface area contributed by atoms with Gasteiger partial charge >= 0.3 is 0 Å². The summed E-state index contributed by atoms with van der Waals surface area (Å²) in [6.07, 6.45) is 2.14. The molecule has 0 saturated carbocycles.